The van der Waals surface area contributed by atoms with E-state index in [9.17, 15) is 9.59 Å². The fourth-order valence-corrected chi connectivity index (χ4v) is 4.02. The molecule has 3 heterocycles. The summed E-state index contributed by atoms with van der Waals surface area (Å²) in [6.45, 7) is 6.67. The minimum absolute atomic E-state index is 0.0372. The topological polar surface area (TPSA) is 49.9 Å². The molecular formula is C17H24N2O3S. The average molecular weight is 336 g/mol. The van der Waals surface area contributed by atoms with Crippen LogP contribution < -0.4 is 0 Å². The summed E-state index contributed by atoms with van der Waals surface area (Å²) in [4.78, 5) is 29.8. The lowest BCUT2D eigenvalue weighted by molar-refractivity contribution is -0.148. The first-order chi connectivity index (χ1) is 11.1. The lowest BCUT2D eigenvalue weighted by Crippen LogP contribution is -2.53. The van der Waals surface area contributed by atoms with Crippen molar-refractivity contribution in [3.05, 3.63) is 22.4 Å². The van der Waals surface area contributed by atoms with Gasteiger partial charge < -0.3 is 14.5 Å². The number of likely N-dealkylation sites (tertiary alicyclic amines) is 1. The Morgan fingerprint density at radius 1 is 1.26 bits per heavy atom. The molecule has 126 valence electrons. The van der Waals surface area contributed by atoms with Gasteiger partial charge in [0, 0.05) is 25.6 Å². The van der Waals surface area contributed by atoms with E-state index in [0.29, 0.717) is 26.2 Å². The van der Waals surface area contributed by atoms with Crippen LogP contribution in [0.25, 0.3) is 0 Å². The van der Waals surface area contributed by atoms with Gasteiger partial charge in [-0.2, -0.15) is 0 Å². The molecule has 3 rings (SSSR count). The van der Waals surface area contributed by atoms with Gasteiger partial charge in [-0.3, -0.25) is 9.59 Å². The smallest absolute Gasteiger partial charge is 0.263 e. The molecule has 2 fully saturated rings. The Morgan fingerprint density at radius 2 is 2.00 bits per heavy atom. The second kappa shape index (κ2) is 7.01. The third-order valence-electron chi connectivity index (χ3n) is 4.75. The van der Waals surface area contributed by atoms with E-state index in [4.69, 9.17) is 4.74 Å². The van der Waals surface area contributed by atoms with E-state index < -0.39 is 0 Å². The van der Waals surface area contributed by atoms with Crippen LogP contribution in [0, 0.1) is 5.92 Å². The normalized spacial score (nSPS) is 26.3. The first-order valence-electron chi connectivity index (χ1n) is 8.31. The van der Waals surface area contributed by atoms with Crippen molar-refractivity contribution in [2.24, 2.45) is 5.92 Å². The van der Waals surface area contributed by atoms with Crippen molar-refractivity contribution in [1.82, 2.24) is 9.80 Å². The third kappa shape index (κ3) is 3.58. The fourth-order valence-electron chi connectivity index (χ4n) is 3.33. The van der Waals surface area contributed by atoms with Gasteiger partial charge in [0.1, 0.15) is 0 Å². The molecule has 2 unspecified atom stereocenters. The van der Waals surface area contributed by atoms with Gasteiger partial charge in [-0.05, 0) is 38.1 Å². The SMILES string of the molecule is CC1CN(C(=O)C2CCN(C(=O)c3cccs3)CC2)C(C)CO1. The maximum absolute atomic E-state index is 12.8. The van der Waals surface area contributed by atoms with Crippen LogP contribution in [-0.4, -0.2) is 60.0 Å². The molecule has 0 bridgehead atoms. The maximum atomic E-state index is 12.8. The maximum Gasteiger partial charge on any atom is 0.263 e. The van der Waals surface area contributed by atoms with Gasteiger partial charge in [-0.1, -0.05) is 6.07 Å². The number of carbonyl (C=O) groups is 2. The van der Waals surface area contributed by atoms with Crippen molar-refractivity contribution in [1.29, 1.82) is 0 Å². The van der Waals surface area contributed by atoms with Gasteiger partial charge in [0.25, 0.3) is 5.91 Å². The van der Waals surface area contributed by atoms with Crippen LogP contribution in [0.15, 0.2) is 17.5 Å². The number of amides is 2. The number of piperidine rings is 1. The summed E-state index contributed by atoms with van der Waals surface area (Å²) in [5.74, 6) is 0.366. The Hall–Kier alpha value is -1.40. The molecule has 0 radical (unpaired) electrons. The number of ether oxygens (including phenoxy) is 1. The zero-order valence-electron chi connectivity index (χ0n) is 13.7. The first-order valence-corrected chi connectivity index (χ1v) is 9.19. The van der Waals surface area contributed by atoms with E-state index in [2.05, 4.69) is 0 Å². The van der Waals surface area contributed by atoms with E-state index in [1.807, 2.05) is 41.2 Å². The van der Waals surface area contributed by atoms with Crippen LogP contribution in [0.2, 0.25) is 0 Å². The molecule has 2 aliphatic heterocycles. The highest BCUT2D eigenvalue weighted by atomic mass is 32.1. The van der Waals surface area contributed by atoms with Gasteiger partial charge in [-0.25, -0.2) is 0 Å². The molecule has 2 amide bonds. The van der Waals surface area contributed by atoms with Gasteiger partial charge in [0.2, 0.25) is 5.91 Å². The number of rotatable bonds is 2. The predicted molar refractivity (Wildman–Crippen MR) is 89.5 cm³/mol. The van der Waals surface area contributed by atoms with Gasteiger partial charge >= 0.3 is 0 Å². The zero-order valence-corrected chi connectivity index (χ0v) is 14.6. The highest BCUT2D eigenvalue weighted by Gasteiger charge is 2.34. The summed E-state index contributed by atoms with van der Waals surface area (Å²) in [6, 6.07) is 3.90. The lowest BCUT2D eigenvalue weighted by Gasteiger charge is -2.40. The summed E-state index contributed by atoms with van der Waals surface area (Å²) >= 11 is 1.47. The minimum Gasteiger partial charge on any atom is -0.375 e. The predicted octanol–water partition coefficient (Wildman–Crippen LogP) is 2.24. The molecule has 2 aliphatic rings. The van der Waals surface area contributed by atoms with E-state index in [1.165, 1.54) is 11.3 Å². The monoisotopic (exact) mass is 336 g/mol. The summed E-state index contributed by atoms with van der Waals surface area (Å²) in [6.07, 6.45) is 1.62. The summed E-state index contributed by atoms with van der Waals surface area (Å²) < 4.78 is 5.60. The Morgan fingerprint density at radius 3 is 2.65 bits per heavy atom. The molecule has 2 atom stereocenters. The largest absolute Gasteiger partial charge is 0.375 e. The first kappa shape index (κ1) is 16.5. The van der Waals surface area contributed by atoms with Gasteiger partial charge in [0.15, 0.2) is 0 Å². The van der Waals surface area contributed by atoms with Crippen LogP contribution in [0.5, 0.6) is 0 Å². The van der Waals surface area contributed by atoms with Gasteiger partial charge in [0.05, 0.1) is 23.6 Å². The van der Waals surface area contributed by atoms with Crippen LogP contribution >= 0.6 is 11.3 Å². The molecule has 1 aromatic rings. The van der Waals surface area contributed by atoms with Crippen molar-refractivity contribution >= 4 is 23.2 Å². The number of nitrogens with zero attached hydrogens (tertiary/aromatic N) is 2. The molecule has 23 heavy (non-hydrogen) atoms. The van der Waals surface area contributed by atoms with Crippen molar-refractivity contribution in [3.63, 3.8) is 0 Å². The minimum atomic E-state index is 0.0372. The van der Waals surface area contributed by atoms with Crippen LogP contribution in [-0.2, 0) is 9.53 Å². The van der Waals surface area contributed by atoms with Crippen LogP contribution in [0.1, 0.15) is 36.4 Å². The molecule has 2 saturated heterocycles. The summed E-state index contributed by atoms with van der Waals surface area (Å²) in [7, 11) is 0. The highest BCUT2D eigenvalue weighted by Crippen LogP contribution is 2.24. The Kier molecular flexibility index (Phi) is 5.02. The standard InChI is InChI=1S/C17H24N2O3S/c1-12-11-22-13(2)10-19(12)16(20)14-5-7-18(8-6-14)17(21)15-4-3-9-23-15/h3-4,9,12-14H,5-8,10-11H2,1-2H3. The molecule has 1 aromatic heterocycles. The Bertz CT molecular complexity index is 552. The number of carbonyl (C=O) groups excluding carboxylic acids is 2. The highest BCUT2D eigenvalue weighted by molar-refractivity contribution is 7.12. The second-order valence-corrected chi connectivity index (χ2v) is 7.48. The number of hydrogen-bond donors (Lipinski definition) is 0. The average Bonchev–Trinajstić information content (AvgIpc) is 3.10. The number of morpholine rings is 1. The summed E-state index contributed by atoms with van der Waals surface area (Å²) in [5.41, 5.74) is 0. The van der Waals surface area contributed by atoms with Crippen LogP contribution in [0.4, 0.5) is 0 Å². The molecule has 0 N–H and O–H groups in total. The van der Waals surface area contributed by atoms with E-state index in [1.54, 1.807) is 0 Å². The Labute approximate surface area is 141 Å². The van der Waals surface area contributed by atoms with Gasteiger partial charge in [-0.15, -0.1) is 11.3 Å². The quantitative estimate of drug-likeness (QED) is 0.832. The van der Waals surface area contributed by atoms with Crippen molar-refractivity contribution in [2.75, 3.05) is 26.2 Å². The van der Waals surface area contributed by atoms with E-state index in [0.717, 1.165) is 17.7 Å². The third-order valence-corrected chi connectivity index (χ3v) is 5.61. The van der Waals surface area contributed by atoms with Crippen molar-refractivity contribution in [2.45, 2.75) is 38.8 Å². The van der Waals surface area contributed by atoms with E-state index >= 15 is 0 Å². The van der Waals surface area contributed by atoms with Crippen LogP contribution in [0.3, 0.4) is 0 Å². The lowest BCUT2D eigenvalue weighted by atomic mass is 9.94. The molecular weight excluding hydrogens is 312 g/mol. The second-order valence-electron chi connectivity index (χ2n) is 6.53. The fraction of sp³-hybridized carbons (Fsp3) is 0.647. The molecule has 0 aromatic carbocycles. The summed E-state index contributed by atoms with van der Waals surface area (Å²) in [5, 5.41) is 1.92. The van der Waals surface area contributed by atoms with Crippen molar-refractivity contribution < 1.29 is 14.3 Å². The zero-order chi connectivity index (χ0) is 16.4. The molecule has 0 spiro atoms. The molecule has 5 nitrogen and oxygen atoms in total. The molecule has 0 saturated carbocycles. The Balaban J connectivity index is 1.56. The van der Waals surface area contributed by atoms with Crippen molar-refractivity contribution in [3.8, 4) is 0 Å². The molecule has 6 heteroatoms. The number of hydrogen-bond acceptors (Lipinski definition) is 4. The van der Waals surface area contributed by atoms with E-state index in [-0.39, 0.29) is 29.9 Å². The number of thiophene rings is 1. The molecule has 0 aliphatic carbocycles.